The molecule has 0 saturated carbocycles. The van der Waals surface area contributed by atoms with E-state index in [1.54, 1.807) is 42.5 Å². The van der Waals surface area contributed by atoms with Gasteiger partial charge in [0.25, 0.3) is 11.7 Å². The van der Waals surface area contributed by atoms with Crippen LogP contribution in [0.3, 0.4) is 0 Å². The standard InChI is InChI=1S/C25H19BrClNO3/c1-14-5-3-6-16(11-14)22-21(23(29)17-9-10-20(26)15(2)12-17)24(30)25(31)28(22)19-8-4-7-18(27)13-19/h3-13,22,29H,1-2H3/b23-21+. The Morgan fingerprint density at radius 2 is 1.74 bits per heavy atom. The van der Waals surface area contributed by atoms with Gasteiger partial charge in [0.05, 0.1) is 11.6 Å². The van der Waals surface area contributed by atoms with Gasteiger partial charge in [-0.15, -0.1) is 0 Å². The quantitative estimate of drug-likeness (QED) is 0.261. The number of aryl methyl sites for hydroxylation is 2. The number of anilines is 1. The van der Waals surface area contributed by atoms with Gasteiger partial charge in [-0.05, 0) is 55.3 Å². The Hall–Kier alpha value is -2.89. The first-order chi connectivity index (χ1) is 14.8. The maximum absolute atomic E-state index is 13.2. The molecule has 6 heteroatoms. The Kier molecular flexibility index (Phi) is 5.73. The van der Waals surface area contributed by atoms with E-state index < -0.39 is 17.7 Å². The first kappa shape index (κ1) is 21.3. The Balaban J connectivity index is 1.97. The highest BCUT2D eigenvalue weighted by atomic mass is 79.9. The molecule has 0 bridgehead atoms. The van der Waals surface area contributed by atoms with Crippen molar-refractivity contribution in [1.29, 1.82) is 0 Å². The van der Waals surface area contributed by atoms with Gasteiger partial charge in [0.15, 0.2) is 0 Å². The van der Waals surface area contributed by atoms with Crippen molar-refractivity contribution in [2.45, 2.75) is 19.9 Å². The molecular weight excluding hydrogens is 478 g/mol. The zero-order valence-electron chi connectivity index (χ0n) is 16.9. The summed E-state index contributed by atoms with van der Waals surface area (Å²) < 4.78 is 0.888. The molecule has 1 heterocycles. The number of benzene rings is 3. The van der Waals surface area contributed by atoms with Gasteiger partial charge in [0, 0.05) is 20.7 Å². The molecule has 0 spiro atoms. The van der Waals surface area contributed by atoms with Crippen LogP contribution in [0.4, 0.5) is 5.69 Å². The third kappa shape index (κ3) is 3.91. The molecule has 1 aliphatic heterocycles. The van der Waals surface area contributed by atoms with Crippen LogP contribution in [0.5, 0.6) is 0 Å². The molecule has 0 radical (unpaired) electrons. The minimum Gasteiger partial charge on any atom is -0.507 e. The van der Waals surface area contributed by atoms with Crippen molar-refractivity contribution in [2.75, 3.05) is 4.90 Å². The molecule has 1 fully saturated rings. The Bertz CT molecular complexity index is 1250. The second-order valence-corrected chi connectivity index (χ2v) is 8.82. The zero-order valence-corrected chi connectivity index (χ0v) is 19.2. The minimum absolute atomic E-state index is 0.0531. The summed E-state index contributed by atoms with van der Waals surface area (Å²) in [7, 11) is 0. The number of aliphatic hydroxyl groups excluding tert-OH is 1. The molecule has 1 N–H and O–H groups in total. The fourth-order valence-corrected chi connectivity index (χ4v) is 4.26. The molecule has 0 aromatic heterocycles. The third-order valence-corrected chi connectivity index (χ3v) is 6.44. The van der Waals surface area contributed by atoms with E-state index >= 15 is 0 Å². The summed E-state index contributed by atoms with van der Waals surface area (Å²) in [6, 6.07) is 18.9. The molecule has 4 nitrogen and oxygen atoms in total. The van der Waals surface area contributed by atoms with Crippen LogP contribution in [-0.2, 0) is 9.59 Å². The molecule has 1 saturated heterocycles. The lowest BCUT2D eigenvalue weighted by molar-refractivity contribution is -0.132. The van der Waals surface area contributed by atoms with Crippen molar-refractivity contribution in [3.8, 4) is 0 Å². The number of carbonyl (C=O) groups is 2. The van der Waals surface area contributed by atoms with Crippen LogP contribution in [-0.4, -0.2) is 16.8 Å². The van der Waals surface area contributed by atoms with Gasteiger partial charge in [-0.25, -0.2) is 0 Å². The van der Waals surface area contributed by atoms with Crippen molar-refractivity contribution in [3.63, 3.8) is 0 Å². The average Bonchev–Trinajstić information content (AvgIpc) is 3.00. The summed E-state index contributed by atoms with van der Waals surface area (Å²) in [5.74, 6) is -1.64. The first-order valence-corrected chi connectivity index (χ1v) is 10.8. The lowest BCUT2D eigenvalue weighted by atomic mass is 9.94. The minimum atomic E-state index is -0.776. The SMILES string of the molecule is Cc1cccc(C2/C(=C(\O)c3ccc(Br)c(C)c3)C(=O)C(=O)N2c2cccc(Cl)c2)c1. The topological polar surface area (TPSA) is 57.6 Å². The smallest absolute Gasteiger partial charge is 0.300 e. The number of ketones is 1. The molecular formula is C25H19BrClNO3. The monoisotopic (exact) mass is 495 g/mol. The maximum atomic E-state index is 13.2. The number of amides is 1. The van der Waals surface area contributed by atoms with Gasteiger partial charge < -0.3 is 5.11 Å². The predicted molar refractivity (Wildman–Crippen MR) is 126 cm³/mol. The van der Waals surface area contributed by atoms with Gasteiger partial charge >= 0.3 is 0 Å². The Labute approximate surface area is 193 Å². The van der Waals surface area contributed by atoms with Gasteiger partial charge in [-0.1, -0.05) is 69.5 Å². The molecule has 1 amide bonds. The van der Waals surface area contributed by atoms with E-state index in [0.717, 1.165) is 21.2 Å². The number of hydrogen-bond donors (Lipinski definition) is 1. The van der Waals surface area contributed by atoms with Gasteiger partial charge in [-0.3, -0.25) is 14.5 Å². The van der Waals surface area contributed by atoms with Gasteiger partial charge in [-0.2, -0.15) is 0 Å². The van der Waals surface area contributed by atoms with E-state index in [1.165, 1.54) is 4.90 Å². The Morgan fingerprint density at radius 1 is 1.00 bits per heavy atom. The summed E-state index contributed by atoms with van der Waals surface area (Å²) in [6.07, 6.45) is 0. The largest absolute Gasteiger partial charge is 0.507 e. The number of rotatable bonds is 3. The summed E-state index contributed by atoms with van der Waals surface area (Å²) in [5.41, 5.74) is 3.63. The summed E-state index contributed by atoms with van der Waals surface area (Å²) in [4.78, 5) is 27.7. The van der Waals surface area contributed by atoms with Crippen molar-refractivity contribution in [2.24, 2.45) is 0 Å². The number of carbonyl (C=O) groups excluding carboxylic acids is 2. The lowest BCUT2D eigenvalue weighted by Crippen LogP contribution is -2.29. The van der Waals surface area contributed by atoms with Crippen LogP contribution in [0, 0.1) is 13.8 Å². The van der Waals surface area contributed by atoms with Gasteiger partial charge in [0.1, 0.15) is 5.76 Å². The van der Waals surface area contributed by atoms with E-state index in [1.807, 2.05) is 38.1 Å². The van der Waals surface area contributed by atoms with E-state index in [0.29, 0.717) is 16.3 Å². The predicted octanol–water partition coefficient (Wildman–Crippen LogP) is 6.35. The molecule has 4 rings (SSSR count). The van der Waals surface area contributed by atoms with E-state index in [4.69, 9.17) is 11.6 Å². The van der Waals surface area contributed by atoms with E-state index in [9.17, 15) is 14.7 Å². The highest BCUT2D eigenvalue weighted by molar-refractivity contribution is 9.10. The molecule has 156 valence electrons. The molecule has 31 heavy (non-hydrogen) atoms. The van der Waals surface area contributed by atoms with Crippen LogP contribution in [0.15, 0.2) is 76.8 Å². The number of hydrogen-bond acceptors (Lipinski definition) is 3. The highest BCUT2D eigenvalue weighted by Gasteiger charge is 2.47. The third-order valence-electron chi connectivity index (χ3n) is 5.32. The fourth-order valence-electron chi connectivity index (χ4n) is 3.83. The van der Waals surface area contributed by atoms with Crippen LogP contribution in [0.2, 0.25) is 5.02 Å². The maximum Gasteiger partial charge on any atom is 0.300 e. The van der Waals surface area contributed by atoms with Crippen LogP contribution in [0.25, 0.3) is 5.76 Å². The molecule has 1 atom stereocenters. The molecule has 1 unspecified atom stereocenters. The second kappa shape index (κ2) is 8.33. The van der Waals surface area contributed by atoms with Crippen molar-refractivity contribution in [3.05, 3.63) is 104 Å². The summed E-state index contributed by atoms with van der Waals surface area (Å²) in [6.45, 7) is 3.83. The van der Waals surface area contributed by atoms with E-state index in [-0.39, 0.29) is 11.3 Å². The molecule has 1 aliphatic rings. The normalized spacial score (nSPS) is 17.9. The van der Waals surface area contributed by atoms with Crippen LogP contribution < -0.4 is 4.90 Å². The van der Waals surface area contributed by atoms with Crippen molar-refractivity contribution >= 4 is 50.7 Å². The van der Waals surface area contributed by atoms with Crippen molar-refractivity contribution in [1.82, 2.24) is 0 Å². The number of nitrogens with zero attached hydrogens (tertiary/aromatic N) is 1. The number of aliphatic hydroxyl groups is 1. The highest BCUT2D eigenvalue weighted by Crippen LogP contribution is 2.43. The first-order valence-electron chi connectivity index (χ1n) is 9.67. The van der Waals surface area contributed by atoms with E-state index in [2.05, 4.69) is 15.9 Å². The number of halogens is 2. The molecule has 3 aromatic carbocycles. The van der Waals surface area contributed by atoms with Crippen molar-refractivity contribution < 1.29 is 14.7 Å². The fraction of sp³-hybridized carbons (Fsp3) is 0.120. The molecule has 0 aliphatic carbocycles. The number of Topliss-reactive ketones (excluding diaryl/α,β-unsaturated/α-hetero) is 1. The van der Waals surface area contributed by atoms with Gasteiger partial charge in [0.2, 0.25) is 0 Å². The zero-order chi connectivity index (χ0) is 22.3. The summed E-state index contributed by atoms with van der Waals surface area (Å²) in [5, 5.41) is 11.6. The molecule has 3 aromatic rings. The summed E-state index contributed by atoms with van der Waals surface area (Å²) >= 11 is 9.61. The average molecular weight is 497 g/mol. The Morgan fingerprint density at radius 3 is 2.42 bits per heavy atom. The lowest BCUT2D eigenvalue weighted by Gasteiger charge is -2.26. The second-order valence-electron chi connectivity index (χ2n) is 7.53. The van der Waals surface area contributed by atoms with Crippen LogP contribution >= 0.6 is 27.5 Å². The van der Waals surface area contributed by atoms with Crippen LogP contribution in [0.1, 0.15) is 28.3 Å².